The molecule has 0 aliphatic rings. The summed E-state index contributed by atoms with van der Waals surface area (Å²) in [6.07, 6.45) is 92.1. The predicted molar refractivity (Wildman–Crippen MR) is 369 cm³/mol. The SMILES string of the molecule is CCCCCCC/C=C\C/C=C\C/C=C\CCCCCCCCCCCCCCCCCCCCCCC(=O)NC(COP(=O)(O)OCC[N+](C)(C)C)C(O)/C=C/CC/C=C/CC/C=C/CCCCCCCCCCCCCCCCCCC. The first-order valence-electron chi connectivity index (χ1n) is 36.3. The summed E-state index contributed by atoms with van der Waals surface area (Å²) in [5.41, 5.74) is 0. The maximum Gasteiger partial charge on any atom is 0.472 e. The number of hydrogen-bond acceptors (Lipinski definition) is 5. The van der Waals surface area contributed by atoms with Crippen LogP contribution in [0.3, 0.4) is 0 Å². The van der Waals surface area contributed by atoms with Gasteiger partial charge >= 0.3 is 7.82 Å². The van der Waals surface area contributed by atoms with Gasteiger partial charge in [-0.25, -0.2) is 4.57 Å². The van der Waals surface area contributed by atoms with Gasteiger partial charge in [0.1, 0.15) is 13.2 Å². The number of quaternary nitrogens is 1. The Kier molecular flexibility index (Phi) is 63.8. The number of amides is 1. The van der Waals surface area contributed by atoms with Crippen molar-refractivity contribution in [2.75, 3.05) is 40.9 Å². The Morgan fingerprint density at radius 1 is 0.405 bits per heavy atom. The van der Waals surface area contributed by atoms with Crippen LogP contribution >= 0.6 is 7.82 Å². The first-order valence-corrected chi connectivity index (χ1v) is 37.8. The molecule has 0 aromatic heterocycles. The van der Waals surface area contributed by atoms with Gasteiger partial charge in [0, 0.05) is 6.42 Å². The lowest BCUT2D eigenvalue weighted by atomic mass is 10.0. The van der Waals surface area contributed by atoms with Gasteiger partial charge in [0.25, 0.3) is 0 Å². The van der Waals surface area contributed by atoms with E-state index in [-0.39, 0.29) is 19.1 Å². The van der Waals surface area contributed by atoms with E-state index in [0.29, 0.717) is 17.4 Å². The van der Waals surface area contributed by atoms with Crippen LogP contribution in [0.5, 0.6) is 0 Å². The number of aliphatic hydroxyl groups is 1. The second kappa shape index (κ2) is 65.4. The molecule has 0 aliphatic heterocycles. The molecule has 9 heteroatoms. The van der Waals surface area contributed by atoms with E-state index < -0.39 is 20.0 Å². The van der Waals surface area contributed by atoms with Crippen LogP contribution < -0.4 is 5.32 Å². The topological polar surface area (TPSA) is 105 Å². The number of phosphoric acid groups is 1. The van der Waals surface area contributed by atoms with E-state index in [1.807, 2.05) is 27.2 Å². The van der Waals surface area contributed by atoms with Gasteiger partial charge in [-0.05, 0) is 83.5 Å². The third-order valence-corrected chi connectivity index (χ3v) is 17.4. The predicted octanol–water partition coefficient (Wildman–Crippen LogP) is 23.3. The molecule has 3 atom stereocenters. The number of rotatable bonds is 67. The third-order valence-electron chi connectivity index (χ3n) is 16.4. The summed E-state index contributed by atoms with van der Waals surface area (Å²) in [4.78, 5) is 23.4. The van der Waals surface area contributed by atoms with E-state index in [2.05, 4.69) is 79.9 Å². The van der Waals surface area contributed by atoms with E-state index in [0.717, 1.165) is 57.8 Å². The number of carbonyl (C=O) groups is 1. The summed E-state index contributed by atoms with van der Waals surface area (Å²) in [6.45, 7) is 4.82. The van der Waals surface area contributed by atoms with Gasteiger partial charge in [-0.15, -0.1) is 0 Å². The van der Waals surface area contributed by atoms with Crippen molar-refractivity contribution < 1.29 is 32.9 Å². The van der Waals surface area contributed by atoms with Crippen molar-refractivity contribution in [3.05, 3.63) is 72.9 Å². The standard InChI is InChI=1S/C75H141N2O6P/c1-6-8-10-12-14-16-18-20-22-24-26-28-30-32-34-35-36-37-38-39-40-41-43-45-47-49-51-53-55-57-59-61-63-65-67-69-75(79)76-73(72-83-84(80,81)82-71-70-77(3,4)5)74(78)68-66-64-62-60-58-56-54-52-50-48-46-44-42-33-31-29-27-25-23-21-19-17-15-13-11-9-7-2/h18,20,24,26,30,32,50,52,58,60,66,68,73-74,78H,6-17,19,21-23,25,27-29,31,33-49,51,53-57,59,61-65,67,69-72H2,1-5H3,(H-,76,79,80,81)/p+1/b20-18-,26-24-,32-30-,52-50+,60-58+,68-66+. The van der Waals surface area contributed by atoms with Gasteiger partial charge in [0.15, 0.2) is 0 Å². The molecule has 492 valence electrons. The van der Waals surface area contributed by atoms with E-state index in [9.17, 15) is 19.4 Å². The Morgan fingerprint density at radius 3 is 1.04 bits per heavy atom. The number of hydrogen-bond donors (Lipinski definition) is 3. The number of phosphoric ester groups is 1. The molecule has 0 rings (SSSR count). The minimum Gasteiger partial charge on any atom is -0.387 e. The number of allylic oxidation sites excluding steroid dienone is 11. The van der Waals surface area contributed by atoms with Crippen molar-refractivity contribution >= 4 is 13.7 Å². The van der Waals surface area contributed by atoms with Gasteiger partial charge in [0.2, 0.25) is 5.91 Å². The molecular weight excluding hydrogens is 1060 g/mol. The van der Waals surface area contributed by atoms with Crippen LogP contribution in [0.4, 0.5) is 0 Å². The molecule has 0 fully saturated rings. The van der Waals surface area contributed by atoms with Crippen molar-refractivity contribution in [2.45, 2.75) is 360 Å². The largest absolute Gasteiger partial charge is 0.472 e. The number of carbonyl (C=O) groups excluding carboxylic acids is 1. The van der Waals surface area contributed by atoms with Crippen LogP contribution in [0.1, 0.15) is 348 Å². The van der Waals surface area contributed by atoms with Crippen LogP contribution in [0, 0.1) is 0 Å². The minimum absolute atomic E-state index is 0.0529. The van der Waals surface area contributed by atoms with Crippen LogP contribution in [0.2, 0.25) is 0 Å². The molecule has 0 saturated heterocycles. The Balaban J connectivity index is 4.08. The van der Waals surface area contributed by atoms with Gasteiger partial charge < -0.3 is 19.8 Å². The highest BCUT2D eigenvalue weighted by molar-refractivity contribution is 7.47. The number of unbranched alkanes of at least 4 members (excludes halogenated alkanes) is 44. The summed E-state index contributed by atoms with van der Waals surface area (Å²) in [5, 5.41) is 14.0. The molecule has 84 heavy (non-hydrogen) atoms. The fourth-order valence-electron chi connectivity index (χ4n) is 10.7. The van der Waals surface area contributed by atoms with Crippen LogP contribution in [-0.2, 0) is 18.4 Å². The number of aliphatic hydroxyl groups excluding tert-OH is 1. The van der Waals surface area contributed by atoms with Crippen LogP contribution in [0.25, 0.3) is 0 Å². The summed E-state index contributed by atoms with van der Waals surface area (Å²) < 4.78 is 23.8. The Labute approximate surface area is 523 Å². The molecule has 0 aliphatic carbocycles. The quantitative estimate of drug-likeness (QED) is 0.0243. The van der Waals surface area contributed by atoms with Crippen molar-refractivity contribution in [3.63, 3.8) is 0 Å². The normalized spacial score (nSPS) is 14.0. The number of nitrogens with zero attached hydrogens (tertiary/aromatic N) is 1. The second-order valence-electron chi connectivity index (χ2n) is 25.9. The Bertz CT molecular complexity index is 1600. The molecule has 0 heterocycles. The molecule has 0 saturated carbocycles. The van der Waals surface area contributed by atoms with Crippen LogP contribution in [0.15, 0.2) is 72.9 Å². The lowest BCUT2D eigenvalue weighted by Crippen LogP contribution is -2.45. The van der Waals surface area contributed by atoms with Gasteiger partial charge in [-0.3, -0.25) is 13.8 Å². The number of likely N-dealkylation sites (N-methyl/N-ethyl adjacent to an activating group) is 1. The van der Waals surface area contributed by atoms with Gasteiger partial charge in [-0.2, -0.15) is 0 Å². The van der Waals surface area contributed by atoms with Gasteiger partial charge in [0.05, 0.1) is 39.9 Å². The molecule has 0 aromatic carbocycles. The van der Waals surface area contributed by atoms with E-state index >= 15 is 0 Å². The first-order chi connectivity index (χ1) is 41.0. The number of nitrogens with one attached hydrogen (secondary N) is 1. The maximum atomic E-state index is 13.1. The van der Waals surface area contributed by atoms with Gasteiger partial charge in [-0.1, -0.05) is 331 Å². The molecule has 3 unspecified atom stereocenters. The average Bonchev–Trinajstić information content (AvgIpc) is 3.56. The summed E-state index contributed by atoms with van der Waals surface area (Å²) in [6, 6.07) is -0.873. The summed E-state index contributed by atoms with van der Waals surface area (Å²) >= 11 is 0. The monoisotopic (exact) mass is 1200 g/mol. The molecule has 0 spiro atoms. The minimum atomic E-state index is -4.37. The molecule has 0 radical (unpaired) electrons. The highest BCUT2D eigenvalue weighted by Crippen LogP contribution is 2.43. The second-order valence-corrected chi connectivity index (χ2v) is 27.4. The molecule has 0 aromatic rings. The lowest BCUT2D eigenvalue weighted by molar-refractivity contribution is -0.870. The average molecular weight is 1200 g/mol. The highest BCUT2D eigenvalue weighted by atomic mass is 31.2. The van der Waals surface area contributed by atoms with Crippen molar-refractivity contribution in [2.24, 2.45) is 0 Å². The lowest BCUT2D eigenvalue weighted by Gasteiger charge is -2.25. The molecule has 3 N–H and O–H groups in total. The Morgan fingerprint density at radius 2 is 0.690 bits per heavy atom. The molecular formula is C75H142N2O6P+. The summed E-state index contributed by atoms with van der Waals surface area (Å²) in [7, 11) is 1.55. The Hall–Kier alpha value is -2.06. The fourth-order valence-corrected chi connectivity index (χ4v) is 11.5. The zero-order chi connectivity index (χ0) is 61.2. The first kappa shape index (κ1) is 81.9. The fraction of sp³-hybridized carbons (Fsp3) is 0.827. The molecule has 8 nitrogen and oxygen atoms in total. The highest BCUT2D eigenvalue weighted by Gasteiger charge is 2.28. The molecule has 1 amide bonds. The van der Waals surface area contributed by atoms with E-state index in [4.69, 9.17) is 9.05 Å². The van der Waals surface area contributed by atoms with E-state index in [1.54, 1.807) is 6.08 Å². The van der Waals surface area contributed by atoms with Crippen molar-refractivity contribution in [1.82, 2.24) is 5.32 Å². The van der Waals surface area contributed by atoms with Crippen LogP contribution in [-0.4, -0.2) is 73.4 Å². The van der Waals surface area contributed by atoms with Crippen molar-refractivity contribution in [1.29, 1.82) is 0 Å². The third kappa shape index (κ3) is 67.4. The van der Waals surface area contributed by atoms with E-state index in [1.165, 1.54) is 270 Å². The smallest absolute Gasteiger partial charge is 0.387 e. The zero-order valence-corrected chi connectivity index (χ0v) is 57.3. The zero-order valence-electron chi connectivity index (χ0n) is 56.4. The summed E-state index contributed by atoms with van der Waals surface area (Å²) in [5.74, 6) is -0.186. The van der Waals surface area contributed by atoms with Crippen molar-refractivity contribution in [3.8, 4) is 0 Å². The maximum absolute atomic E-state index is 13.1. The molecule has 0 bridgehead atoms.